The van der Waals surface area contributed by atoms with Crippen molar-refractivity contribution in [3.05, 3.63) is 24.3 Å². The van der Waals surface area contributed by atoms with E-state index in [1.54, 1.807) is 12.4 Å². The van der Waals surface area contributed by atoms with Gasteiger partial charge in [-0.15, -0.1) is 0 Å². The van der Waals surface area contributed by atoms with Gasteiger partial charge in [-0.05, 0) is 20.3 Å². The lowest BCUT2D eigenvalue weighted by Crippen LogP contribution is -2.68. The molecular formula is C13H20N4. The van der Waals surface area contributed by atoms with Crippen molar-refractivity contribution < 1.29 is 0 Å². The van der Waals surface area contributed by atoms with E-state index in [-0.39, 0.29) is 0 Å². The van der Waals surface area contributed by atoms with Crippen molar-refractivity contribution in [2.45, 2.75) is 44.9 Å². The summed E-state index contributed by atoms with van der Waals surface area (Å²) in [6.45, 7) is 7.98. The van der Waals surface area contributed by atoms with Crippen LogP contribution in [0.25, 0.3) is 0 Å². The van der Waals surface area contributed by atoms with E-state index < -0.39 is 0 Å². The van der Waals surface area contributed by atoms with Crippen LogP contribution in [0.15, 0.2) is 18.6 Å². The first kappa shape index (κ1) is 11.1. The molecule has 3 aliphatic heterocycles. The van der Waals surface area contributed by atoms with Gasteiger partial charge in [0.1, 0.15) is 0 Å². The quantitative estimate of drug-likeness (QED) is 0.782. The van der Waals surface area contributed by atoms with Crippen molar-refractivity contribution in [1.29, 1.82) is 0 Å². The Morgan fingerprint density at radius 1 is 1.29 bits per heavy atom. The molecule has 4 heteroatoms. The van der Waals surface area contributed by atoms with Gasteiger partial charge in [0.15, 0.2) is 0 Å². The molecule has 0 aliphatic carbocycles. The summed E-state index contributed by atoms with van der Waals surface area (Å²) in [5.74, 6) is 0. The summed E-state index contributed by atoms with van der Waals surface area (Å²) in [5.41, 5.74) is 1.10. The second-order valence-electron chi connectivity index (χ2n) is 5.46. The number of aromatic nitrogens is 2. The van der Waals surface area contributed by atoms with Crippen molar-refractivity contribution in [1.82, 2.24) is 19.8 Å². The molecule has 0 N–H and O–H groups in total. The highest BCUT2D eigenvalue weighted by atomic mass is 15.4. The highest BCUT2D eigenvalue weighted by Gasteiger charge is 2.44. The first-order valence-electron chi connectivity index (χ1n) is 6.48. The maximum atomic E-state index is 4.36. The zero-order valence-corrected chi connectivity index (χ0v) is 10.6. The highest BCUT2D eigenvalue weighted by Crippen LogP contribution is 2.33. The average Bonchev–Trinajstić information content (AvgIpc) is 2.37. The number of nitrogens with zero attached hydrogens (tertiary/aromatic N) is 4. The Morgan fingerprint density at radius 3 is 2.65 bits per heavy atom. The third-order valence-corrected chi connectivity index (χ3v) is 4.06. The molecule has 1 aromatic heterocycles. The Balaban J connectivity index is 1.62. The fourth-order valence-electron chi connectivity index (χ4n) is 3.00. The molecule has 4 heterocycles. The third kappa shape index (κ3) is 2.07. The van der Waals surface area contributed by atoms with Crippen LogP contribution in [0.1, 0.15) is 26.0 Å². The first-order valence-corrected chi connectivity index (χ1v) is 6.48. The lowest BCUT2D eigenvalue weighted by atomic mass is 9.86. The molecule has 2 bridgehead atoms. The average molecular weight is 232 g/mol. The predicted molar refractivity (Wildman–Crippen MR) is 66.5 cm³/mol. The van der Waals surface area contributed by atoms with E-state index in [2.05, 4.69) is 33.6 Å². The van der Waals surface area contributed by atoms with Crippen molar-refractivity contribution in [2.75, 3.05) is 13.1 Å². The Hall–Kier alpha value is -1.00. The van der Waals surface area contributed by atoms with Crippen molar-refractivity contribution in [3.63, 3.8) is 0 Å². The maximum Gasteiger partial charge on any atom is 0.0727 e. The number of piperazine rings is 1. The van der Waals surface area contributed by atoms with Gasteiger partial charge in [0.2, 0.25) is 0 Å². The molecule has 0 aromatic carbocycles. The highest BCUT2D eigenvalue weighted by molar-refractivity contribution is 5.05. The molecule has 92 valence electrons. The first-order chi connectivity index (χ1) is 8.24. The molecule has 4 rings (SSSR count). The van der Waals surface area contributed by atoms with Gasteiger partial charge in [-0.3, -0.25) is 19.8 Å². The zero-order valence-electron chi connectivity index (χ0n) is 10.6. The van der Waals surface area contributed by atoms with E-state index >= 15 is 0 Å². The van der Waals surface area contributed by atoms with Gasteiger partial charge in [-0.1, -0.05) is 0 Å². The number of rotatable bonds is 3. The molecule has 3 fully saturated rings. The van der Waals surface area contributed by atoms with Gasteiger partial charge in [-0.25, -0.2) is 0 Å². The molecular weight excluding hydrogens is 212 g/mol. The van der Waals surface area contributed by atoms with E-state index in [9.17, 15) is 0 Å². The van der Waals surface area contributed by atoms with Crippen LogP contribution < -0.4 is 0 Å². The molecule has 3 saturated heterocycles. The zero-order chi connectivity index (χ0) is 11.8. The van der Waals surface area contributed by atoms with Gasteiger partial charge in [0, 0.05) is 56.4 Å². The van der Waals surface area contributed by atoms with Crippen molar-refractivity contribution in [2.24, 2.45) is 0 Å². The van der Waals surface area contributed by atoms with Crippen LogP contribution in [0.3, 0.4) is 0 Å². The van der Waals surface area contributed by atoms with E-state index in [0.29, 0.717) is 6.04 Å². The van der Waals surface area contributed by atoms with Crippen LogP contribution in [-0.4, -0.2) is 51.0 Å². The van der Waals surface area contributed by atoms with Crippen LogP contribution in [-0.2, 0) is 6.54 Å². The summed E-state index contributed by atoms with van der Waals surface area (Å²) in [6.07, 6.45) is 6.77. The van der Waals surface area contributed by atoms with Gasteiger partial charge in [-0.2, -0.15) is 0 Å². The van der Waals surface area contributed by atoms with Crippen LogP contribution >= 0.6 is 0 Å². The molecule has 0 radical (unpaired) electrons. The fourth-order valence-corrected chi connectivity index (χ4v) is 3.00. The minimum Gasteiger partial charge on any atom is -0.298 e. The summed E-state index contributed by atoms with van der Waals surface area (Å²) in [7, 11) is 0. The van der Waals surface area contributed by atoms with Gasteiger partial charge < -0.3 is 0 Å². The fraction of sp³-hybridized carbons (Fsp3) is 0.692. The molecule has 3 aliphatic rings. The number of fused-ring (bicyclic) bond motifs is 2. The predicted octanol–water partition coefficient (Wildman–Crippen LogP) is 1.14. The molecule has 17 heavy (non-hydrogen) atoms. The van der Waals surface area contributed by atoms with Crippen molar-refractivity contribution in [3.8, 4) is 0 Å². The second-order valence-corrected chi connectivity index (χ2v) is 5.46. The molecule has 2 unspecified atom stereocenters. The minimum absolute atomic E-state index is 0.680. The molecule has 0 saturated carbocycles. The molecule has 2 atom stereocenters. The van der Waals surface area contributed by atoms with Gasteiger partial charge >= 0.3 is 0 Å². The molecule has 0 amide bonds. The van der Waals surface area contributed by atoms with Gasteiger partial charge in [0.25, 0.3) is 0 Å². The lowest BCUT2D eigenvalue weighted by Gasteiger charge is -2.57. The Morgan fingerprint density at radius 2 is 2.06 bits per heavy atom. The topological polar surface area (TPSA) is 32.3 Å². The molecule has 4 nitrogen and oxygen atoms in total. The van der Waals surface area contributed by atoms with Crippen LogP contribution in [0.2, 0.25) is 0 Å². The molecule has 0 spiro atoms. The van der Waals surface area contributed by atoms with Gasteiger partial charge in [0.05, 0.1) is 5.69 Å². The summed E-state index contributed by atoms with van der Waals surface area (Å²) < 4.78 is 0. The standard InChI is InChI=1S/C13H20N4/c1-10(2)16-8-12-5-13(9-16)17(12)7-11-6-14-3-4-15-11/h3-4,6,10,12-13H,5,7-9H2,1-2H3. The number of hydrogen-bond acceptors (Lipinski definition) is 4. The number of hydrogen-bond donors (Lipinski definition) is 0. The van der Waals surface area contributed by atoms with E-state index in [1.807, 2.05) is 6.20 Å². The Labute approximate surface area is 103 Å². The normalized spacial score (nSPS) is 29.4. The maximum absolute atomic E-state index is 4.36. The summed E-state index contributed by atoms with van der Waals surface area (Å²) >= 11 is 0. The summed E-state index contributed by atoms with van der Waals surface area (Å²) in [4.78, 5) is 13.7. The Kier molecular flexibility index (Phi) is 2.84. The summed E-state index contributed by atoms with van der Waals surface area (Å²) in [6, 6.07) is 2.15. The largest absolute Gasteiger partial charge is 0.298 e. The minimum atomic E-state index is 0.680. The monoisotopic (exact) mass is 232 g/mol. The summed E-state index contributed by atoms with van der Waals surface area (Å²) in [5, 5.41) is 0. The SMILES string of the molecule is CC(C)N1CC2CC(C1)N2Cc1cnccn1. The van der Waals surface area contributed by atoms with E-state index in [0.717, 1.165) is 24.3 Å². The van der Waals surface area contributed by atoms with Crippen LogP contribution in [0.4, 0.5) is 0 Å². The van der Waals surface area contributed by atoms with E-state index in [4.69, 9.17) is 0 Å². The second kappa shape index (κ2) is 4.35. The van der Waals surface area contributed by atoms with Crippen molar-refractivity contribution >= 4 is 0 Å². The van der Waals surface area contributed by atoms with E-state index in [1.165, 1.54) is 19.5 Å². The molecule has 1 aromatic rings. The third-order valence-electron chi connectivity index (χ3n) is 4.06. The van der Waals surface area contributed by atoms with Crippen LogP contribution in [0, 0.1) is 0 Å². The van der Waals surface area contributed by atoms with Crippen LogP contribution in [0.5, 0.6) is 0 Å². The number of piperidine rings is 1. The smallest absolute Gasteiger partial charge is 0.0727 e. The Bertz CT molecular complexity index is 366. The lowest BCUT2D eigenvalue weighted by molar-refractivity contribution is -0.0841.